The van der Waals surface area contributed by atoms with Crippen LogP contribution >= 0.6 is 0 Å². The van der Waals surface area contributed by atoms with Gasteiger partial charge in [-0.3, -0.25) is 14.7 Å². The maximum Gasteiger partial charge on any atom is 0.289 e. The molecule has 7 heteroatoms. The number of guanidine groups is 1. The molecule has 0 bridgehead atoms. The van der Waals surface area contributed by atoms with Gasteiger partial charge in [-0.05, 0) is 50.9 Å². The average Bonchev–Trinajstić information content (AvgIpc) is 3.36. The average molecular weight is 416 g/mol. The summed E-state index contributed by atoms with van der Waals surface area (Å²) in [5.74, 6) is 1.38. The zero-order chi connectivity index (χ0) is 20.8. The fraction of sp³-hybridized carbons (Fsp3) is 0.739. The van der Waals surface area contributed by atoms with Crippen molar-refractivity contribution in [1.82, 2.24) is 20.0 Å². The highest BCUT2D eigenvalue weighted by Gasteiger charge is 2.38. The number of nitrogens with zero attached hydrogens (tertiary/aromatic N) is 4. The van der Waals surface area contributed by atoms with Crippen molar-refractivity contribution in [3.8, 4) is 0 Å². The summed E-state index contributed by atoms with van der Waals surface area (Å²) in [5, 5.41) is 3.73. The molecule has 1 aromatic rings. The van der Waals surface area contributed by atoms with Crippen LogP contribution in [0.25, 0.3) is 0 Å². The van der Waals surface area contributed by atoms with E-state index < -0.39 is 0 Å². The first-order valence-corrected chi connectivity index (χ1v) is 11.8. The van der Waals surface area contributed by atoms with E-state index in [1.54, 1.807) is 18.4 Å². The van der Waals surface area contributed by atoms with Crippen LogP contribution in [-0.2, 0) is 0 Å². The van der Waals surface area contributed by atoms with E-state index in [9.17, 15) is 4.79 Å². The zero-order valence-electron chi connectivity index (χ0n) is 18.4. The van der Waals surface area contributed by atoms with Gasteiger partial charge in [0.05, 0.1) is 6.26 Å². The molecule has 3 aliphatic rings. The fourth-order valence-corrected chi connectivity index (χ4v) is 5.44. The number of carbonyl (C=O) groups excluding carboxylic acids is 1. The lowest BCUT2D eigenvalue weighted by Crippen LogP contribution is -2.60. The molecule has 30 heavy (non-hydrogen) atoms. The van der Waals surface area contributed by atoms with Gasteiger partial charge >= 0.3 is 0 Å². The Morgan fingerprint density at radius 3 is 2.30 bits per heavy atom. The highest BCUT2D eigenvalue weighted by atomic mass is 16.3. The van der Waals surface area contributed by atoms with Gasteiger partial charge in [-0.1, -0.05) is 25.7 Å². The lowest BCUT2D eigenvalue weighted by Gasteiger charge is -2.49. The van der Waals surface area contributed by atoms with Crippen LogP contribution in [0.1, 0.15) is 61.9 Å². The molecule has 2 saturated heterocycles. The number of rotatable bonds is 4. The number of hydrogen-bond acceptors (Lipinski definition) is 4. The Bertz CT molecular complexity index is 697. The Kier molecular flexibility index (Phi) is 6.97. The normalized spacial score (nSPS) is 23.4. The van der Waals surface area contributed by atoms with E-state index in [1.807, 2.05) is 11.9 Å². The SMILES string of the molecule is CN=C(NCC1(N2CCCCC2)CCCCC1)N1CCN(C(=O)c2ccco2)CC1. The van der Waals surface area contributed by atoms with Crippen LogP contribution < -0.4 is 5.32 Å². The second kappa shape index (κ2) is 9.86. The van der Waals surface area contributed by atoms with E-state index in [-0.39, 0.29) is 11.4 Å². The summed E-state index contributed by atoms with van der Waals surface area (Å²) < 4.78 is 5.27. The van der Waals surface area contributed by atoms with Gasteiger partial charge in [0.15, 0.2) is 11.7 Å². The Balaban J connectivity index is 1.33. The molecular formula is C23H37N5O2. The summed E-state index contributed by atoms with van der Waals surface area (Å²) >= 11 is 0. The van der Waals surface area contributed by atoms with Crippen LogP contribution in [-0.4, -0.2) is 85.0 Å². The first kappa shape index (κ1) is 21.2. The van der Waals surface area contributed by atoms with Crippen LogP contribution in [0.2, 0.25) is 0 Å². The fourth-order valence-electron chi connectivity index (χ4n) is 5.44. The quantitative estimate of drug-likeness (QED) is 0.605. The van der Waals surface area contributed by atoms with E-state index in [4.69, 9.17) is 4.42 Å². The van der Waals surface area contributed by atoms with Crippen molar-refractivity contribution in [2.75, 3.05) is 52.9 Å². The smallest absolute Gasteiger partial charge is 0.289 e. The second-order valence-corrected chi connectivity index (χ2v) is 8.99. The third-order valence-electron chi connectivity index (χ3n) is 7.20. The number of furan rings is 1. The van der Waals surface area contributed by atoms with Crippen molar-refractivity contribution >= 4 is 11.9 Å². The lowest BCUT2D eigenvalue weighted by atomic mass is 9.79. The van der Waals surface area contributed by atoms with Gasteiger partial charge in [0.25, 0.3) is 5.91 Å². The molecule has 3 heterocycles. The van der Waals surface area contributed by atoms with Crippen molar-refractivity contribution in [2.45, 2.75) is 56.9 Å². The number of carbonyl (C=O) groups is 1. The van der Waals surface area contributed by atoms with Crippen molar-refractivity contribution in [2.24, 2.45) is 4.99 Å². The van der Waals surface area contributed by atoms with Gasteiger partial charge in [-0.15, -0.1) is 0 Å². The molecule has 7 nitrogen and oxygen atoms in total. The number of amides is 1. The molecule has 0 unspecified atom stereocenters. The highest BCUT2D eigenvalue weighted by Crippen LogP contribution is 2.35. The number of hydrogen-bond donors (Lipinski definition) is 1. The largest absolute Gasteiger partial charge is 0.459 e. The van der Waals surface area contributed by atoms with Gasteiger partial charge in [0, 0.05) is 45.3 Å². The molecule has 0 radical (unpaired) electrons. The topological polar surface area (TPSA) is 64.3 Å². The molecular weight excluding hydrogens is 378 g/mol. The second-order valence-electron chi connectivity index (χ2n) is 8.99. The summed E-state index contributed by atoms with van der Waals surface area (Å²) in [4.78, 5) is 24.0. The van der Waals surface area contributed by atoms with Crippen molar-refractivity contribution in [3.05, 3.63) is 24.2 Å². The van der Waals surface area contributed by atoms with Crippen molar-refractivity contribution < 1.29 is 9.21 Å². The molecule has 166 valence electrons. The number of nitrogens with one attached hydrogen (secondary N) is 1. The van der Waals surface area contributed by atoms with E-state index in [2.05, 4.69) is 20.1 Å². The minimum Gasteiger partial charge on any atom is -0.459 e. The molecule has 2 aliphatic heterocycles. The molecule has 1 aromatic heterocycles. The van der Waals surface area contributed by atoms with E-state index >= 15 is 0 Å². The number of piperazine rings is 1. The number of aliphatic imine (C=N–C) groups is 1. The molecule has 0 aromatic carbocycles. The van der Waals surface area contributed by atoms with Crippen LogP contribution in [0, 0.1) is 0 Å². The lowest BCUT2D eigenvalue weighted by molar-refractivity contribution is 0.0360. The molecule has 0 spiro atoms. The van der Waals surface area contributed by atoms with Crippen LogP contribution in [0.5, 0.6) is 0 Å². The number of likely N-dealkylation sites (tertiary alicyclic amines) is 1. The minimum absolute atomic E-state index is 0.0196. The van der Waals surface area contributed by atoms with Crippen LogP contribution in [0.3, 0.4) is 0 Å². The van der Waals surface area contributed by atoms with E-state index in [0.29, 0.717) is 18.8 Å². The third-order valence-corrected chi connectivity index (χ3v) is 7.20. The predicted molar refractivity (Wildman–Crippen MR) is 119 cm³/mol. The minimum atomic E-state index is -0.0196. The molecule has 4 rings (SSSR count). The molecule has 0 atom stereocenters. The summed E-state index contributed by atoms with van der Waals surface area (Å²) in [5.41, 5.74) is 0.283. The van der Waals surface area contributed by atoms with Crippen molar-refractivity contribution in [3.63, 3.8) is 0 Å². The van der Waals surface area contributed by atoms with Gasteiger partial charge in [0.2, 0.25) is 0 Å². The third kappa shape index (κ3) is 4.66. The Hall–Kier alpha value is -2.02. The number of piperidine rings is 1. The van der Waals surface area contributed by atoms with Gasteiger partial charge in [-0.25, -0.2) is 0 Å². The Morgan fingerprint density at radius 2 is 1.67 bits per heavy atom. The van der Waals surface area contributed by atoms with Crippen LogP contribution in [0.15, 0.2) is 27.8 Å². The summed E-state index contributed by atoms with van der Waals surface area (Å²) in [6.07, 6.45) is 12.2. The maximum atomic E-state index is 12.5. The standard InChI is InChI=1S/C23H37N5O2/c1-24-22(27-16-14-26(15-17-27)21(29)20-9-8-18-30-20)25-19-23(10-4-2-5-11-23)28-12-6-3-7-13-28/h8-9,18H,2-7,10-17,19H2,1H3,(H,24,25). The molecule has 1 N–H and O–H groups in total. The van der Waals surface area contributed by atoms with E-state index in [0.717, 1.165) is 25.6 Å². The molecule has 1 amide bonds. The molecule has 1 aliphatic carbocycles. The highest BCUT2D eigenvalue weighted by molar-refractivity contribution is 5.91. The Morgan fingerprint density at radius 1 is 1.00 bits per heavy atom. The van der Waals surface area contributed by atoms with Gasteiger partial charge < -0.3 is 19.5 Å². The first-order valence-electron chi connectivity index (χ1n) is 11.8. The van der Waals surface area contributed by atoms with Crippen molar-refractivity contribution in [1.29, 1.82) is 0 Å². The van der Waals surface area contributed by atoms with Gasteiger partial charge in [-0.2, -0.15) is 0 Å². The maximum absolute atomic E-state index is 12.5. The zero-order valence-corrected chi connectivity index (χ0v) is 18.4. The van der Waals surface area contributed by atoms with E-state index in [1.165, 1.54) is 64.5 Å². The van der Waals surface area contributed by atoms with Gasteiger partial charge in [0.1, 0.15) is 0 Å². The Labute approximate surface area is 180 Å². The first-order chi connectivity index (χ1) is 14.7. The monoisotopic (exact) mass is 415 g/mol. The molecule has 1 saturated carbocycles. The van der Waals surface area contributed by atoms with Crippen LogP contribution in [0.4, 0.5) is 0 Å². The summed E-state index contributed by atoms with van der Waals surface area (Å²) in [6.45, 7) is 6.44. The summed E-state index contributed by atoms with van der Waals surface area (Å²) in [6, 6.07) is 3.50. The summed E-state index contributed by atoms with van der Waals surface area (Å²) in [7, 11) is 1.87. The predicted octanol–water partition coefficient (Wildman–Crippen LogP) is 2.80. The molecule has 3 fully saturated rings.